The molecule has 1 aromatic heterocycles. The van der Waals surface area contributed by atoms with Crippen molar-refractivity contribution in [3.05, 3.63) is 36.7 Å². The van der Waals surface area contributed by atoms with E-state index < -0.39 is 7.14 Å². The van der Waals surface area contributed by atoms with Crippen LogP contribution >= 0.6 is 7.14 Å². The zero-order chi connectivity index (χ0) is 11.8. The van der Waals surface area contributed by atoms with E-state index >= 15 is 0 Å². The first kappa shape index (κ1) is 11.2. The van der Waals surface area contributed by atoms with Crippen LogP contribution in [0.1, 0.15) is 0 Å². The first-order valence-corrected chi connectivity index (χ1v) is 7.71. The van der Waals surface area contributed by atoms with Crippen molar-refractivity contribution in [2.75, 3.05) is 13.3 Å². The maximum atomic E-state index is 11.9. The summed E-state index contributed by atoms with van der Waals surface area (Å²) in [7, 11) is -0.252. The van der Waals surface area contributed by atoms with Crippen LogP contribution in [0.5, 0.6) is 0 Å². The van der Waals surface area contributed by atoms with Crippen LogP contribution < -0.4 is 5.30 Å². The van der Waals surface area contributed by atoms with Crippen molar-refractivity contribution < 1.29 is 4.57 Å². The molecule has 0 fully saturated rings. The number of nitrogens with zero attached hydrogens (tertiary/aromatic N) is 2. The van der Waals surface area contributed by atoms with E-state index in [1.54, 1.807) is 18.0 Å². The lowest BCUT2D eigenvalue weighted by atomic mass is 10.1. The highest BCUT2D eigenvalue weighted by molar-refractivity contribution is 7.70. The topological polar surface area (TPSA) is 34.9 Å². The van der Waals surface area contributed by atoms with Gasteiger partial charge in [-0.25, -0.2) is 0 Å². The van der Waals surface area contributed by atoms with Gasteiger partial charge in [-0.1, -0.05) is 24.3 Å². The number of benzene rings is 1. The summed E-state index contributed by atoms with van der Waals surface area (Å²) in [4.78, 5) is 0. The molecule has 0 unspecified atom stereocenters. The predicted molar refractivity (Wildman–Crippen MR) is 67.7 cm³/mol. The minimum Gasteiger partial charge on any atom is -0.319 e. The molecule has 0 bridgehead atoms. The van der Waals surface area contributed by atoms with Gasteiger partial charge in [0.1, 0.15) is 7.14 Å². The molecule has 16 heavy (non-hydrogen) atoms. The Balaban J connectivity index is 2.37. The zero-order valence-corrected chi connectivity index (χ0v) is 10.6. The van der Waals surface area contributed by atoms with Gasteiger partial charge >= 0.3 is 0 Å². The lowest BCUT2D eigenvalue weighted by molar-refractivity contribution is 0.588. The first-order chi connectivity index (χ1) is 7.47. The summed E-state index contributed by atoms with van der Waals surface area (Å²) in [6.45, 7) is 3.57. The smallest absolute Gasteiger partial charge is 0.109 e. The van der Waals surface area contributed by atoms with Gasteiger partial charge in [0.05, 0.1) is 6.20 Å². The van der Waals surface area contributed by atoms with Gasteiger partial charge < -0.3 is 4.57 Å². The quantitative estimate of drug-likeness (QED) is 0.747. The van der Waals surface area contributed by atoms with Crippen molar-refractivity contribution >= 4 is 12.4 Å². The van der Waals surface area contributed by atoms with Gasteiger partial charge in [-0.3, -0.25) is 4.68 Å². The lowest BCUT2D eigenvalue weighted by Crippen LogP contribution is -2.01. The highest BCUT2D eigenvalue weighted by Gasteiger charge is 2.10. The van der Waals surface area contributed by atoms with E-state index in [0.29, 0.717) is 0 Å². The summed E-state index contributed by atoms with van der Waals surface area (Å²) < 4.78 is 13.6. The summed E-state index contributed by atoms with van der Waals surface area (Å²) in [6, 6.07) is 7.85. The molecule has 0 radical (unpaired) electrons. The van der Waals surface area contributed by atoms with Crippen molar-refractivity contribution in [2.24, 2.45) is 7.05 Å². The maximum Gasteiger partial charge on any atom is 0.109 e. The van der Waals surface area contributed by atoms with Crippen LogP contribution in [0, 0.1) is 0 Å². The Morgan fingerprint density at radius 1 is 1.12 bits per heavy atom. The molecule has 1 heterocycles. The standard InChI is InChI=1S/C12H15N2OP/c1-14-9-11(8-13-14)10-4-6-12(7-5-10)16(2,3)15/h4-9H,1-3H3. The van der Waals surface area contributed by atoms with Crippen molar-refractivity contribution in [2.45, 2.75) is 0 Å². The second-order valence-corrected chi connectivity index (χ2v) is 7.52. The third kappa shape index (κ3) is 2.25. The molecule has 0 aliphatic carbocycles. The summed E-state index contributed by atoms with van der Waals surface area (Å²) in [6.07, 6.45) is 3.79. The molecule has 0 atom stereocenters. The van der Waals surface area contributed by atoms with Gasteiger partial charge in [-0.05, 0) is 18.9 Å². The molecule has 0 amide bonds. The number of aryl methyl sites for hydroxylation is 1. The minimum atomic E-state index is -2.15. The first-order valence-electron chi connectivity index (χ1n) is 5.11. The molecular weight excluding hydrogens is 219 g/mol. The Bertz CT molecular complexity index is 536. The summed E-state index contributed by atoms with van der Waals surface area (Å²) in [5.41, 5.74) is 2.18. The zero-order valence-electron chi connectivity index (χ0n) is 9.71. The van der Waals surface area contributed by atoms with E-state index in [9.17, 15) is 4.57 Å². The molecule has 84 valence electrons. The Morgan fingerprint density at radius 3 is 2.19 bits per heavy atom. The second-order valence-electron chi connectivity index (χ2n) is 4.30. The molecule has 0 saturated heterocycles. The number of hydrogen-bond acceptors (Lipinski definition) is 2. The molecule has 0 aliphatic rings. The third-order valence-corrected chi connectivity index (χ3v) is 4.07. The van der Waals surface area contributed by atoms with Crippen LogP contribution in [-0.2, 0) is 11.6 Å². The average molecular weight is 234 g/mol. The normalized spacial score (nSPS) is 11.7. The van der Waals surface area contributed by atoms with Crippen LogP contribution in [0.15, 0.2) is 36.7 Å². The highest BCUT2D eigenvalue weighted by atomic mass is 31.2. The third-order valence-electron chi connectivity index (χ3n) is 2.53. The SMILES string of the molecule is Cn1cc(-c2ccc(P(C)(C)=O)cc2)cn1. The van der Waals surface area contributed by atoms with E-state index in [-0.39, 0.29) is 0 Å². The van der Waals surface area contributed by atoms with Crippen LogP contribution in [0.3, 0.4) is 0 Å². The van der Waals surface area contributed by atoms with Crippen molar-refractivity contribution in [1.29, 1.82) is 0 Å². The largest absolute Gasteiger partial charge is 0.319 e. The Hall–Kier alpha value is -1.34. The van der Waals surface area contributed by atoms with E-state index in [2.05, 4.69) is 5.10 Å². The highest BCUT2D eigenvalue weighted by Crippen LogP contribution is 2.34. The average Bonchev–Trinajstić information content (AvgIpc) is 2.64. The van der Waals surface area contributed by atoms with Gasteiger partial charge in [-0.2, -0.15) is 5.10 Å². The van der Waals surface area contributed by atoms with Crippen LogP contribution in [0.4, 0.5) is 0 Å². The fourth-order valence-electron chi connectivity index (χ4n) is 1.58. The van der Waals surface area contributed by atoms with Gasteiger partial charge in [0.25, 0.3) is 0 Å². The molecule has 1 aromatic carbocycles. The van der Waals surface area contributed by atoms with Crippen molar-refractivity contribution in [1.82, 2.24) is 9.78 Å². The van der Waals surface area contributed by atoms with Gasteiger partial charge in [0.15, 0.2) is 0 Å². The second kappa shape index (κ2) is 3.91. The molecular formula is C12H15N2OP. The monoisotopic (exact) mass is 234 g/mol. The van der Waals surface area contributed by atoms with Gasteiger partial charge in [-0.15, -0.1) is 0 Å². The van der Waals surface area contributed by atoms with E-state index in [0.717, 1.165) is 16.4 Å². The molecule has 0 aliphatic heterocycles. The lowest BCUT2D eigenvalue weighted by Gasteiger charge is -2.07. The van der Waals surface area contributed by atoms with Crippen LogP contribution in [-0.4, -0.2) is 23.1 Å². The molecule has 0 spiro atoms. The summed E-state index contributed by atoms with van der Waals surface area (Å²) in [5.74, 6) is 0. The van der Waals surface area contributed by atoms with Crippen molar-refractivity contribution in [3.8, 4) is 11.1 Å². The Labute approximate surface area is 95.5 Å². The van der Waals surface area contributed by atoms with Gasteiger partial charge in [0.2, 0.25) is 0 Å². The Kier molecular flexibility index (Phi) is 2.73. The minimum absolute atomic E-state index is 0.917. The van der Waals surface area contributed by atoms with Gasteiger partial charge in [0, 0.05) is 24.1 Å². The fraction of sp³-hybridized carbons (Fsp3) is 0.250. The maximum absolute atomic E-state index is 11.9. The molecule has 2 aromatic rings. The molecule has 4 heteroatoms. The number of rotatable bonds is 2. The fourth-order valence-corrected chi connectivity index (χ4v) is 2.45. The molecule has 2 rings (SSSR count). The van der Waals surface area contributed by atoms with Crippen molar-refractivity contribution in [3.63, 3.8) is 0 Å². The van der Waals surface area contributed by atoms with Crippen LogP contribution in [0.2, 0.25) is 0 Å². The van der Waals surface area contributed by atoms with E-state index in [4.69, 9.17) is 0 Å². The molecule has 0 saturated carbocycles. The van der Waals surface area contributed by atoms with E-state index in [1.165, 1.54) is 0 Å². The van der Waals surface area contributed by atoms with E-state index in [1.807, 2.05) is 43.7 Å². The predicted octanol–water partition coefficient (Wildman–Crippen LogP) is 2.34. The molecule has 3 nitrogen and oxygen atoms in total. The number of hydrogen-bond donors (Lipinski definition) is 0. The summed E-state index contributed by atoms with van der Waals surface area (Å²) in [5, 5.41) is 5.04. The molecule has 0 N–H and O–H groups in total. The number of aromatic nitrogens is 2. The Morgan fingerprint density at radius 2 is 1.75 bits per heavy atom. The summed E-state index contributed by atoms with van der Waals surface area (Å²) >= 11 is 0. The van der Waals surface area contributed by atoms with Crippen LogP contribution in [0.25, 0.3) is 11.1 Å².